The number of aryl methyl sites for hydroxylation is 6. The molecule has 0 saturated carbocycles. The topological polar surface area (TPSA) is 12.9 Å². The molecule has 162 valence electrons. The van der Waals surface area contributed by atoms with Crippen LogP contribution in [-0.4, -0.2) is 11.7 Å². The van der Waals surface area contributed by atoms with Crippen molar-refractivity contribution in [3.05, 3.63) is 118 Å². The van der Waals surface area contributed by atoms with Crippen molar-refractivity contribution in [1.29, 1.82) is 0 Å². The molecule has 0 fully saturated rings. The van der Waals surface area contributed by atoms with Gasteiger partial charge in [0.2, 0.25) is 6.71 Å². The summed E-state index contributed by atoms with van der Waals surface area (Å²) in [4.78, 5) is 4.39. The SMILES string of the molecule is Cc1cc(C)c(B(c2ccccc2C#Cc2ccccn2)c2c(C)cc(C)cc2C)c(C)c1. The van der Waals surface area contributed by atoms with E-state index >= 15 is 0 Å². The zero-order valence-corrected chi connectivity index (χ0v) is 20.5. The first-order valence-electron chi connectivity index (χ1n) is 11.5. The molecule has 0 saturated heterocycles. The van der Waals surface area contributed by atoms with Crippen LogP contribution in [0, 0.1) is 53.4 Å². The third-order valence-corrected chi connectivity index (χ3v) is 6.32. The Labute approximate surface area is 199 Å². The average molecular weight is 427 g/mol. The highest BCUT2D eigenvalue weighted by Gasteiger charge is 2.29. The third kappa shape index (κ3) is 4.79. The standard InChI is InChI=1S/C31H30BN/c1-21-17-23(3)30(24(4)18-21)32(31-25(5)19-22(2)20-26(31)6)29-13-8-7-11-27(29)14-15-28-12-9-10-16-33-28/h7-13,16-20H,1-6H3. The summed E-state index contributed by atoms with van der Waals surface area (Å²) >= 11 is 0. The van der Waals surface area contributed by atoms with Gasteiger partial charge in [-0.2, -0.15) is 0 Å². The van der Waals surface area contributed by atoms with E-state index in [9.17, 15) is 0 Å². The summed E-state index contributed by atoms with van der Waals surface area (Å²) in [5, 5.41) is 0. The summed E-state index contributed by atoms with van der Waals surface area (Å²) in [6.45, 7) is 13.4. The van der Waals surface area contributed by atoms with Crippen LogP contribution in [0.1, 0.15) is 44.6 Å². The second-order valence-electron chi connectivity index (χ2n) is 9.11. The maximum absolute atomic E-state index is 4.39. The first kappa shape index (κ1) is 22.6. The number of nitrogens with zero attached hydrogens (tertiary/aromatic N) is 1. The van der Waals surface area contributed by atoms with Gasteiger partial charge in [0.1, 0.15) is 5.69 Å². The van der Waals surface area contributed by atoms with E-state index in [1.165, 1.54) is 49.8 Å². The molecule has 4 rings (SSSR count). The molecular formula is C31H30BN. The van der Waals surface area contributed by atoms with Gasteiger partial charge in [0.15, 0.2) is 0 Å². The molecule has 0 unspecified atom stereocenters. The number of hydrogen-bond donors (Lipinski definition) is 0. The minimum absolute atomic E-state index is 0.112. The Morgan fingerprint density at radius 3 is 1.64 bits per heavy atom. The molecule has 0 bridgehead atoms. The van der Waals surface area contributed by atoms with Gasteiger partial charge in [0.05, 0.1) is 0 Å². The van der Waals surface area contributed by atoms with Crippen molar-refractivity contribution in [2.24, 2.45) is 0 Å². The van der Waals surface area contributed by atoms with Crippen LogP contribution in [0.4, 0.5) is 0 Å². The van der Waals surface area contributed by atoms with E-state index in [0.717, 1.165) is 11.3 Å². The minimum atomic E-state index is 0.112. The quantitative estimate of drug-likeness (QED) is 0.337. The summed E-state index contributed by atoms with van der Waals surface area (Å²) in [5.41, 5.74) is 13.7. The summed E-state index contributed by atoms with van der Waals surface area (Å²) in [5.74, 6) is 6.71. The van der Waals surface area contributed by atoms with E-state index in [-0.39, 0.29) is 6.71 Å². The zero-order valence-electron chi connectivity index (χ0n) is 20.5. The first-order chi connectivity index (χ1) is 15.8. The van der Waals surface area contributed by atoms with Crippen LogP contribution in [0.3, 0.4) is 0 Å². The third-order valence-electron chi connectivity index (χ3n) is 6.32. The van der Waals surface area contributed by atoms with Crippen molar-refractivity contribution in [2.45, 2.75) is 41.5 Å². The van der Waals surface area contributed by atoms with E-state index in [1.54, 1.807) is 6.20 Å². The van der Waals surface area contributed by atoms with Gasteiger partial charge in [0, 0.05) is 11.8 Å². The number of aromatic nitrogens is 1. The molecule has 0 radical (unpaired) electrons. The molecule has 2 heteroatoms. The van der Waals surface area contributed by atoms with Crippen molar-refractivity contribution in [3.8, 4) is 11.8 Å². The summed E-state index contributed by atoms with van der Waals surface area (Å²) in [6.07, 6.45) is 1.79. The fourth-order valence-electron chi connectivity index (χ4n) is 5.18. The highest BCUT2D eigenvalue weighted by Crippen LogP contribution is 2.14. The Hall–Kier alpha value is -3.57. The largest absolute Gasteiger partial charge is 0.248 e. The Morgan fingerprint density at radius 2 is 1.12 bits per heavy atom. The first-order valence-corrected chi connectivity index (χ1v) is 11.5. The van der Waals surface area contributed by atoms with Crippen LogP contribution in [-0.2, 0) is 0 Å². The van der Waals surface area contributed by atoms with Crippen molar-refractivity contribution < 1.29 is 0 Å². The molecule has 0 atom stereocenters. The molecule has 0 aliphatic rings. The van der Waals surface area contributed by atoms with Crippen LogP contribution in [0.2, 0.25) is 0 Å². The van der Waals surface area contributed by atoms with E-state index in [4.69, 9.17) is 0 Å². The molecule has 3 aromatic carbocycles. The molecule has 1 nitrogen and oxygen atoms in total. The van der Waals surface area contributed by atoms with Crippen LogP contribution >= 0.6 is 0 Å². The Bertz CT molecular complexity index is 1270. The second-order valence-corrected chi connectivity index (χ2v) is 9.11. The van der Waals surface area contributed by atoms with Crippen molar-refractivity contribution >= 4 is 23.1 Å². The van der Waals surface area contributed by atoms with E-state index in [1.807, 2.05) is 18.2 Å². The van der Waals surface area contributed by atoms with Crippen molar-refractivity contribution in [2.75, 3.05) is 0 Å². The zero-order chi connectivity index (χ0) is 23.5. The van der Waals surface area contributed by atoms with Crippen LogP contribution in [0.15, 0.2) is 72.9 Å². The van der Waals surface area contributed by atoms with Crippen LogP contribution in [0.25, 0.3) is 0 Å². The number of pyridine rings is 1. The van der Waals surface area contributed by atoms with E-state index in [0.29, 0.717) is 0 Å². The highest BCUT2D eigenvalue weighted by molar-refractivity contribution is 6.97. The lowest BCUT2D eigenvalue weighted by Crippen LogP contribution is -2.56. The monoisotopic (exact) mass is 427 g/mol. The lowest BCUT2D eigenvalue weighted by Gasteiger charge is -2.25. The van der Waals surface area contributed by atoms with Gasteiger partial charge in [-0.15, -0.1) is 0 Å². The van der Waals surface area contributed by atoms with Crippen LogP contribution in [0.5, 0.6) is 0 Å². The fourth-order valence-corrected chi connectivity index (χ4v) is 5.18. The summed E-state index contributed by atoms with van der Waals surface area (Å²) in [6, 6.07) is 23.6. The van der Waals surface area contributed by atoms with Gasteiger partial charge in [-0.05, 0) is 65.7 Å². The molecular weight excluding hydrogens is 397 g/mol. The van der Waals surface area contributed by atoms with Gasteiger partial charge in [0.25, 0.3) is 0 Å². The minimum Gasteiger partial charge on any atom is -0.248 e. The van der Waals surface area contributed by atoms with Crippen molar-refractivity contribution in [3.63, 3.8) is 0 Å². The normalized spacial score (nSPS) is 10.5. The predicted octanol–water partition coefficient (Wildman–Crippen LogP) is 4.85. The van der Waals surface area contributed by atoms with Gasteiger partial charge < -0.3 is 0 Å². The number of rotatable bonds is 3. The molecule has 1 aromatic heterocycles. The molecule has 0 spiro atoms. The summed E-state index contributed by atoms with van der Waals surface area (Å²) < 4.78 is 0. The predicted molar refractivity (Wildman–Crippen MR) is 143 cm³/mol. The molecule has 0 aliphatic carbocycles. The molecule has 33 heavy (non-hydrogen) atoms. The lowest BCUT2D eigenvalue weighted by molar-refractivity contribution is 1.29. The smallest absolute Gasteiger partial charge is 0.244 e. The molecule has 1 heterocycles. The van der Waals surface area contributed by atoms with Gasteiger partial charge in [-0.3, -0.25) is 0 Å². The number of hydrogen-bond acceptors (Lipinski definition) is 1. The molecule has 0 N–H and O–H groups in total. The molecule has 0 aliphatic heterocycles. The number of benzene rings is 3. The van der Waals surface area contributed by atoms with Gasteiger partial charge in [-0.25, -0.2) is 4.98 Å². The molecule has 4 aromatic rings. The maximum atomic E-state index is 4.39. The fraction of sp³-hybridized carbons (Fsp3) is 0.194. The van der Waals surface area contributed by atoms with E-state index < -0.39 is 0 Å². The highest BCUT2D eigenvalue weighted by atomic mass is 14.6. The average Bonchev–Trinajstić information content (AvgIpc) is 2.76. The van der Waals surface area contributed by atoms with Crippen molar-refractivity contribution in [1.82, 2.24) is 4.98 Å². The van der Waals surface area contributed by atoms with Gasteiger partial charge >= 0.3 is 0 Å². The maximum Gasteiger partial charge on any atom is 0.244 e. The lowest BCUT2D eigenvalue weighted by atomic mass is 9.33. The summed E-state index contributed by atoms with van der Waals surface area (Å²) in [7, 11) is 0. The van der Waals surface area contributed by atoms with Crippen LogP contribution < -0.4 is 16.4 Å². The van der Waals surface area contributed by atoms with E-state index in [2.05, 4.69) is 107 Å². The van der Waals surface area contributed by atoms with Gasteiger partial charge in [-0.1, -0.05) is 104 Å². The Kier molecular flexibility index (Phi) is 6.52. The Morgan fingerprint density at radius 1 is 0.606 bits per heavy atom. The Balaban J connectivity index is 2.00. The second kappa shape index (κ2) is 9.51. The molecule has 0 amide bonds.